The number of hydrogen-bond donors (Lipinski definition) is 2. The van der Waals surface area contributed by atoms with E-state index in [1.54, 1.807) is 0 Å². The molecule has 0 saturated carbocycles. The minimum absolute atomic E-state index is 0.349. The van der Waals surface area contributed by atoms with Gasteiger partial charge in [0, 0.05) is 44.5 Å². The van der Waals surface area contributed by atoms with Crippen molar-refractivity contribution in [2.45, 2.75) is 44.0 Å². The lowest BCUT2D eigenvalue weighted by Gasteiger charge is -2.24. The number of nitrogens with one attached hydrogen (secondary N) is 2. The zero-order valence-corrected chi connectivity index (χ0v) is 18.7. The largest absolute Gasteiger partial charge is 0.355 e. The van der Waals surface area contributed by atoms with E-state index in [4.69, 9.17) is 0 Å². The van der Waals surface area contributed by atoms with Crippen molar-refractivity contribution in [2.75, 3.05) is 52.6 Å². The number of nitrogens with zero attached hydrogens (tertiary/aromatic N) is 3. The molecular formula is C22H37N5S. The lowest BCUT2D eigenvalue weighted by Crippen LogP contribution is -2.43. The van der Waals surface area contributed by atoms with E-state index in [0.29, 0.717) is 4.75 Å². The molecule has 1 aromatic carbocycles. The molecule has 28 heavy (non-hydrogen) atoms. The third-order valence-corrected chi connectivity index (χ3v) is 7.39. The fourth-order valence-electron chi connectivity index (χ4n) is 3.93. The fourth-order valence-corrected chi connectivity index (χ4v) is 5.18. The van der Waals surface area contributed by atoms with Crippen molar-refractivity contribution in [1.29, 1.82) is 0 Å². The summed E-state index contributed by atoms with van der Waals surface area (Å²) in [6.07, 6.45) is 3.88. The maximum absolute atomic E-state index is 4.38. The number of thioether (sulfide) groups is 1. The van der Waals surface area contributed by atoms with Crippen LogP contribution in [0.2, 0.25) is 0 Å². The van der Waals surface area contributed by atoms with Gasteiger partial charge in [-0.3, -0.25) is 9.89 Å². The average Bonchev–Trinajstić information content (AvgIpc) is 3.03. The van der Waals surface area contributed by atoms with Crippen LogP contribution in [0.3, 0.4) is 0 Å². The van der Waals surface area contributed by atoms with Gasteiger partial charge < -0.3 is 15.5 Å². The summed E-state index contributed by atoms with van der Waals surface area (Å²) in [5.41, 5.74) is 2.70. The highest BCUT2D eigenvalue weighted by Gasteiger charge is 2.29. The molecule has 1 aromatic rings. The summed E-state index contributed by atoms with van der Waals surface area (Å²) in [4.78, 5) is 9.39. The van der Waals surface area contributed by atoms with Gasteiger partial charge in [0.15, 0.2) is 5.96 Å². The van der Waals surface area contributed by atoms with E-state index in [-0.39, 0.29) is 0 Å². The third-order valence-electron chi connectivity index (χ3n) is 5.86. The Bertz CT molecular complexity index is 624. The Morgan fingerprint density at radius 3 is 2.57 bits per heavy atom. The molecule has 0 aromatic heterocycles. The molecule has 5 nitrogen and oxygen atoms in total. The fraction of sp³-hybridized carbons (Fsp3) is 0.682. The Hall–Kier alpha value is -1.24. The molecule has 6 heteroatoms. The van der Waals surface area contributed by atoms with Crippen LogP contribution in [-0.2, 0) is 13.1 Å². The van der Waals surface area contributed by atoms with Gasteiger partial charge in [-0.2, -0.15) is 11.8 Å². The van der Waals surface area contributed by atoms with Gasteiger partial charge >= 0.3 is 0 Å². The molecule has 0 spiro atoms. The van der Waals surface area contributed by atoms with Crippen LogP contribution < -0.4 is 10.6 Å². The first kappa shape index (κ1) is 21.5. The first-order chi connectivity index (χ1) is 13.6. The highest BCUT2D eigenvalue weighted by atomic mass is 32.2. The first-order valence-corrected chi connectivity index (χ1v) is 11.6. The lowest BCUT2D eigenvalue weighted by molar-refractivity contribution is 0.269. The van der Waals surface area contributed by atoms with Gasteiger partial charge in [0.05, 0.1) is 0 Å². The van der Waals surface area contributed by atoms with Crippen LogP contribution in [-0.4, -0.2) is 73.1 Å². The van der Waals surface area contributed by atoms with Crippen LogP contribution in [0.5, 0.6) is 0 Å². The van der Waals surface area contributed by atoms with Crippen LogP contribution >= 0.6 is 11.8 Å². The summed E-state index contributed by atoms with van der Waals surface area (Å²) in [5, 5.41) is 6.96. The maximum atomic E-state index is 4.38. The molecular weight excluding hydrogens is 366 g/mol. The van der Waals surface area contributed by atoms with Crippen LogP contribution in [0.25, 0.3) is 0 Å². The Balaban J connectivity index is 1.43. The van der Waals surface area contributed by atoms with Crippen molar-refractivity contribution in [3.05, 3.63) is 35.4 Å². The minimum Gasteiger partial charge on any atom is -0.355 e. The predicted octanol–water partition coefficient (Wildman–Crippen LogP) is 2.77. The van der Waals surface area contributed by atoms with E-state index in [9.17, 15) is 0 Å². The lowest BCUT2D eigenvalue weighted by atomic mass is 10.1. The second-order valence-electron chi connectivity index (χ2n) is 8.43. The summed E-state index contributed by atoms with van der Waals surface area (Å²) >= 11 is 2.08. The van der Waals surface area contributed by atoms with Crippen LogP contribution in [0.4, 0.5) is 0 Å². The zero-order valence-electron chi connectivity index (χ0n) is 17.8. The van der Waals surface area contributed by atoms with Gasteiger partial charge in [-0.1, -0.05) is 24.3 Å². The van der Waals surface area contributed by atoms with E-state index in [2.05, 4.69) is 75.4 Å². The number of hydrogen-bond acceptors (Lipinski definition) is 4. The molecule has 0 amide bonds. The first-order valence-electron chi connectivity index (χ1n) is 10.6. The Morgan fingerprint density at radius 1 is 1.07 bits per heavy atom. The van der Waals surface area contributed by atoms with E-state index in [1.165, 1.54) is 62.3 Å². The number of benzene rings is 1. The summed E-state index contributed by atoms with van der Waals surface area (Å²) in [6, 6.07) is 9.04. The number of aliphatic imine (C=N–C) groups is 1. The predicted molar refractivity (Wildman–Crippen MR) is 122 cm³/mol. The normalized spacial score (nSPS) is 24.9. The molecule has 0 bridgehead atoms. The molecule has 2 fully saturated rings. The van der Waals surface area contributed by atoms with Crippen molar-refractivity contribution in [1.82, 2.24) is 20.4 Å². The highest BCUT2D eigenvalue weighted by molar-refractivity contribution is 8.00. The van der Waals surface area contributed by atoms with Gasteiger partial charge in [0.2, 0.25) is 0 Å². The molecule has 2 N–H and O–H groups in total. The van der Waals surface area contributed by atoms with Gasteiger partial charge in [-0.25, -0.2) is 0 Å². The maximum Gasteiger partial charge on any atom is 0.191 e. The zero-order chi connectivity index (χ0) is 19.8. The van der Waals surface area contributed by atoms with Crippen molar-refractivity contribution in [3.63, 3.8) is 0 Å². The summed E-state index contributed by atoms with van der Waals surface area (Å²) in [5.74, 6) is 2.18. The summed E-state index contributed by atoms with van der Waals surface area (Å²) < 4.78 is 0.349. The van der Waals surface area contributed by atoms with E-state index < -0.39 is 0 Å². The molecule has 2 heterocycles. The number of rotatable bonds is 6. The topological polar surface area (TPSA) is 42.9 Å². The van der Waals surface area contributed by atoms with Crippen LogP contribution in [0.1, 0.15) is 37.3 Å². The smallest absolute Gasteiger partial charge is 0.191 e. The van der Waals surface area contributed by atoms with Crippen molar-refractivity contribution >= 4 is 17.7 Å². The van der Waals surface area contributed by atoms with Gasteiger partial charge in [0.1, 0.15) is 0 Å². The van der Waals surface area contributed by atoms with Crippen molar-refractivity contribution in [2.24, 2.45) is 4.99 Å². The molecule has 2 saturated heterocycles. The molecule has 0 aliphatic carbocycles. The molecule has 3 rings (SSSR count). The average molecular weight is 404 g/mol. The molecule has 0 radical (unpaired) electrons. The van der Waals surface area contributed by atoms with E-state index in [0.717, 1.165) is 25.6 Å². The van der Waals surface area contributed by atoms with Gasteiger partial charge in [0.25, 0.3) is 0 Å². The number of guanidine groups is 1. The van der Waals surface area contributed by atoms with Gasteiger partial charge in [-0.15, -0.1) is 0 Å². The Kier molecular flexibility index (Phi) is 8.06. The number of likely N-dealkylation sites (N-methyl/N-ethyl adjacent to an activating group) is 1. The highest BCUT2D eigenvalue weighted by Crippen LogP contribution is 2.36. The third kappa shape index (κ3) is 6.68. The molecule has 2 aliphatic heterocycles. The molecule has 1 unspecified atom stereocenters. The Morgan fingerprint density at radius 2 is 1.86 bits per heavy atom. The van der Waals surface area contributed by atoms with Crippen molar-refractivity contribution in [3.8, 4) is 0 Å². The van der Waals surface area contributed by atoms with E-state index >= 15 is 0 Å². The Labute approximate surface area is 175 Å². The summed E-state index contributed by atoms with van der Waals surface area (Å²) in [6.45, 7) is 9.94. The molecule has 2 aliphatic rings. The SMILES string of the molecule is CN=C(NCc1ccc(CN2CCCN(C)CC2)cc1)NCC1(C)CCCS1. The molecule has 1 atom stereocenters. The second kappa shape index (κ2) is 10.5. The van der Waals surface area contributed by atoms with Crippen LogP contribution in [0, 0.1) is 0 Å². The van der Waals surface area contributed by atoms with Gasteiger partial charge in [-0.05, 0) is 63.2 Å². The second-order valence-corrected chi connectivity index (χ2v) is 10.1. The van der Waals surface area contributed by atoms with E-state index in [1.807, 2.05) is 7.05 Å². The van der Waals surface area contributed by atoms with Crippen molar-refractivity contribution < 1.29 is 0 Å². The monoisotopic (exact) mass is 403 g/mol. The van der Waals surface area contributed by atoms with Crippen LogP contribution in [0.15, 0.2) is 29.3 Å². The minimum atomic E-state index is 0.349. The standard InChI is InChI=1S/C22H37N5S/c1-22(10-4-15-28-22)18-25-21(23-2)24-16-19-6-8-20(9-7-19)17-27-12-5-11-26(3)13-14-27/h6-9H,4-5,10-18H2,1-3H3,(H2,23,24,25). The summed E-state index contributed by atoms with van der Waals surface area (Å²) in [7, 11) is 4.07. The molecule has 156 valence electrons. The quantitative estimate of drug-likeness (QED) is 0.565.